The Labute approximate surface area is 136 Å². The summed E-state index contributed by atoms with van der Waals surface area (Å²) in [6.07, 6.45) is 12.9. The van der Waals surface area contributed by atoms with Gasteiger partial charge in [0.25, 0.3) is 0 Å². The molecule has 0 heterocycles. The van der Waals surface area contributed by atoms with Gasteiger partial charge in [0.1, 0.15) is 0 Å². The molecule has 4 heteroatoms. The van der Waals surface area contributed by atoms with Crippen molar-refractivity contribution in [3.05, 3.63) is 63.6 Å². The molecule has 1 aromatic rings. The molecular formula is C16H22Cl2SiTi. The van der Waals surface area contributed by atoms with Crippen LogP contribution in [0.2, 0.25) is 10.5 Å². The molecule has 108 valence electrons. The second-order valence-corrected chi connectivity index (χ2v) is 26.3. The molecule has 0 aromatic heterocycles. The monoisotopic (exact) mass is 360 g/mol. The zero-order valence-corrected chi connectivity index (χ0v) is 16.6. The maximum absolute atomic E-state index is 2.59. The van der Waals surface area contributed by atoms with Crippen LogP contribution in [0.3, 0.4) is 0 Å². The SMILES string of the molecule is Cl.Cl.[CH3][Ti]([CH3])(=[SiH2])([C]1=CC=CC1)[CH]1C=Cc2ccccc21. The van der Waals surface area contributed by atoms with Gasteiger partial charge in [-0.05, 0) is 0 Å². The van der Waals surface area contributed by atoms with Crippen molar-refractivity contribution in [2.75, 3.05) is 0 Å². The fourth-order valence-electron chi connectivity index (χ4n) is 3.31. The number of allylic oxidation sites excluding steroid dienone is 5. The zero-order valence-electron chi connectivity index (χ0n) is 12.0. The average Bonchev–Trinajstić information content (AvgIpc) is 2.99. The third kappa shape index (κ3) is 2.80. The van der Waals surface area contributed by atoms with Crippen LogP contribution in [-0.4, -0.2) is 7.63 Å². The van der Waals surface area contributed by atoms with Crippen molar-refractivity contribution < 1.29 is 14.0 Å². The van der Waals surface area contributed by atoms with Crippen LogP contribution in [0.25, 0.3) is 6.08 Å². The Morgan fingerprint density at radius 2 is 1.85 bits per heavy atom. The molecule has 0 radical (unpaired) electrons. The molecule has 0 bridgehead atoms. The molecule has 0 saturated heterocycles. The summed E-state index contributed by atoms with van der Waals surface area (Å²) in [5.74, 6) is 0. The van der Waals surface area contributed by atoms with Gasteiger partial charge in [0.15, 0.2) is 0 Å². The van der Waals surface area contributed by atoms with Crippen molar-refractivity contribution in [2.45, 2.75) is 21.1 Å². The van der Waals surface area contributed by atoms with Gasteiger partial charge >= 0.3 is 112 Å². The van der Waals surface area contributed by atoms with E-state index in [1.807, 2.05) is 0 Å². The predicted molar refractivity (Wildman–Crippen MR) is 94.8 cm³/mol. The minimum absolute atomic E-state index is 0. The number of benzene rings is 1. The molecule has 0 nitrogen and oxygen atoms in total. The van der Waals surface area contributed by atoms with E-state index in [2.05, 4.69) is 72.7 Å². The van der Waals surface area contributed by atoms with E-state index >= 15 is 0 Å². The van der Waals surface area contributed by atoms with Crippen LogP contribution in [0, 0.1) is 0 Å². The Morgan fingerprint density at radius 3 is 2.50 bits per heavy atom. The van der Waals surface area contributed by atoms with E-state index < -0.39 is 14.0 Å². The first-order valence-electron chi connectivity index (χ1n) is 6.68. The van der Waals surface area contributed by atoms with Gasteiger partial charge in [-0.2, -0.15) is 0 Å². The van der Waals surface area contributed by atoms with Gasteiger partial charge in [-0.1, -0.05) is 0 Å². The first-order valence-corrected chi connectivity index (χ1v) is 15.5. The van der Waals surface area contributed by atoms with E-state index in [1.54, 1.807) is 9.44 Å². The molecule has 0 amide bonds. The Morgan fingerprint density at radius 1 is 1.15 bits per heavy atom. The van der Waals surface area contributed by atoms with Gasteiger partial charge in [0.2, 0.25) is 0 Å². The minimum atomic E-state index is -2.59. The summed E-state index contributed by atoms with van der Waals surface area (Å²) in [5.41, 5.74) is 2.99. The fourth-order valence-corrected chi connectivity index (χ4v) is 11.8. The summed E-state index contributed by atoms with van der Waals surface area (Å²) in [6, 6.07) is 8.91. The van der Waals surface area contributed by atoms with E-state index in [-0.39, 0.29) is 24.8 Å². The maximum atomic E-state index is 2.59. The van der Waals surface area contributed by atoms with Crippen LogP contribution < -0.4 is 0 Å². The van der Waals surface area contributed by atoms with Crippen LogP contribution in [0.15, 0.2) is 52.4 Å². The topological polar surface area (TPSA) is 0 Å². The summed E-state index contributed by atoms with van der Waals surface area (Å²) >= 11 is -2.59. The third-order valence-electron chi connectivity index (χ3n) is 4.62. The molecule has 2 aliphatic rings. The first kappa shape index (κ1) is 18.0. The van der Waals surface area contributed by atoms with E-state index in [0.717, 1.165) is 0 Å². The Bertz CT molecular complexity index is 665. The van der Waals surface area contributed by atoms with Crippen LogP contribution in [-0.2, 0) is 14.0 Å². The quantitative estimate of drug-likeness (QED) is 0.666. The molecule has 1 aromatic carbocycles. The summed E-state index contributed by atoms with van der Waals surface area (Å²) in [4.78, 5) is 0. The van der Waals surface area contributed by atoms with Crippen LogP contribution >= 0.6 is 24.8 Å². The number of hydrogen-bond acceptors (Lipinski definition) is 0. The van der Waals surface area contributed by atoms with E-state index in [4.69, 9.17) is 0 Å². The molecule has 0 aliphatic heterocycles. The van der Waals surface area contributed by atoms with E-state index in [0.29, 0.717) is 4.22 Å². The standard InChI is InChI=1S/C9H7.C5H5.2CH3.2ClH.H2Si.Ti/c1-2-5-9-7-3-6-8(9)4-1;1-2-4-5-3-1;;;;;;/h1-7H;1-3H,4H2;2*1H3;2*1H;1H2;. The number of hydrogen-bond donors (Lipinski definition) is 0. The molecule has 0 fully saturated rings. The molecular weight excluding hydrogens is 339 g/mol. The van der Waals surface area contributed by atoms with Crippen molar-refractivity contribution >= 4 is 38.5 Å². The van der Waals surface area contributed by atoms with Crippen molar-refractivity contribution in [3.63, 3.8) is 0 Å². The second kappa shape index (κ2) is 5.98. The van der Waals surface area contributed by atoms with E-state index in [1.165, 1.54) is 12.0 Å². The molecule has 3 rings (SSSR count). The summed E-state index contributed by atoms with van der Waals surface area (Å²) in [7, 11) is 2.33. The number of fused-ring (bicyclic) bond motifs is 1. The number of rotatable bonds is 2. The first-order chi connectivity index (χ1) is 8.47. The Kier molecular flexibility index (Phi) is 5.38. The molecule has 0 N–H and O–H groups in total. The molecule has 0 saturated carbocycles. The summed E-state index contributed by atoms with van der Waals surface area (Å²) < 4.78 is 2.40. The van der Waals surface area contributed by atoms with Gasteiger partial charge in [0.05, 0.1) is 0 Å². The Hall–Kier alpha value is -0.0488. The van der Waals surface area contributed by atoms with Crippen molar-refractivity contribution in [1.29, 1.82) is 0 Å². The van der Waals surface area contributed by atoms with Crippen LogP contribution in [0.4, 0.5) is 0 Å². The average molecular weight is 361 g/mol. The van der Waals surface area contributed by atoms with Gasteiger partial charge in [-0.15, -0.1) is 24.8 Å². The van der Waals surface area contributed by atoms with Crippen molar-refractivity contribution in [2.24, 2.45) is 0 Å². The molecule has 0 spiro atoms. The number of halogens is 2. The van der Waals surface area contributed by atoms with E-state index in [9.17, 15) is 0 Å². The fraction of sp³-hybridized carbons (Fsp3) is 0.250. The van der Waals surface area contributed by atoms with Crippen molar-refractivity contribution in [3.8, 4) is 0 Å². The Balaban J connectivity index is 0.000001000. The van der Waals surface area contributed by atoms with Crippen molar-refractivity contribution in [1.82, 2.24) is 0 Å². The second-order valence-electron chi connectivity index (χ2n) is 6.60. The predicted octanol–water partition coefficient (Wildman–Crippen LogP) is 4.78. The molecule has 2 aliphatic carbocycles. The normalized spacial score (nSPS) is 19.9. The van der Waals surface area contributed by atoms with Crippen LogP contribution in [0.1, 0.15) is 21.8 Å². The van der Waals surface area contributed by atoms with Gasteiger partial charge in [0, 0.05) is 0 Å². The molecule has 20 heavy (non-hydrogen) atoms. The summed E-state index contributed by atoms with van der Waals surface area (Å²) in [6.45, 7) is 0. The zero-order chi connectivity index (χ0) is 12.8. The van der Waals surface area contributed by atoms with Gasteiger partial charge in [-0.25, -0.2) is 0 Å². The molecule has 1 atom stereocenters. The van der Waals surface area contributed by atoms with Gasteiger partial charge in [-0.3, -0.25) is 0 Å². The summed E-state index contributed by atoms with van der Waals surface area (Å²) in [5, 5.41) is 5.18. The third-order valence-corrected chi connectivity index (χ3v) is 16.1. The molecule has 1 unspecified atom stereocenters. The van der Waals surface area contributed by atoms with Gasteiger partial charge < -0.3 is 0 Å². The van der Waals surface area contributed by atoms with Crippen LogP contribution in [0.5, 0.6) is 0 Å².